The molecule has 2 aromatic rings. The van der Waals surface area contributed by atoms with Gasteiger partial charge in [-0.3, -0.25) is 4.79 Å². The van der Waals surface area contributed by atoms with Crippen molar-refractivity contribution in [3.05, 3.63) is 23.4 Å². The molecule has 0 bridgehead atoms. The summed E-state index contributed by atoms with van der Waals surface area (Å²) in [6.45, 7) is 1.82. The van der Waals surface area contributed by atoms with E-state index in [4.69, 9.17) is 11.6 Å². The van der Waals surface area contributed by atoms with Crippen molar-refractivity contribution in [1.82, 2.24) is 15.2 Å². The highest BCUT2D eigenvalue weighted by Gasteiger charge is 2.17. The predicted molar refractivity (Wildman–Crippen MR) is 84.9 cm³/mol. The van der Waals surface area contributed by atoms with Gasteiger partial charge >= 0.3 is 0 Å². The number of nitrogens with one attached hydrogen (secondary N) is 1. The van der Waals surface area contributed by atoms with Crippen LogP contribution in [0.4, 0.5) is 5.82 Å². The molecule has 0 aliphatic rings. The summed E-state index contributed by atoms with van der Waals surface area (Å²) in [7, 11) is 0. The van der Waals surface area contributed by atoms with Crippen molar-refractivity contribution in [2.45, 2.75) is 20.9 Å². The van der Waals surface area contributed by atoms with E-state index in [0.717, 1.165) is 8.68 Å². The van der Waals surface area contributed by atoms with Crippen LogP contribution >= 0.6 is 46.5 Å². The number of hydrogen-bond acceptors (Lipinski definition) is 7. The number of nitrogens with zero attached hydrogens (tertiary/aromatic N) is 3. The second-order valence-corrected chi connectivity index (χ2v) is 7.70. The number of carbonyl (C=O) groups excluding carboxylic acids is 1. The molecule has 20 heavy (non-hydrogen) atoms. The molecule has 106 valence electrons. The lowest BCUT2D eigenvalue weighted by Crippen LogP contribution is -2.22. The van der Waals surface area contributed by atoms with Gasteiger partial charge in [-0.2, -0.15) is 0 Å². The largest absolute Gasteiger partial charge is 0.310 e. The van der Waals surface area contributed by atoms with Crippen LogP contribution in [0, 0.1) is 0 Å². The third-order valence-corrected chi connectivity index (χ3v) is 5.49. The fourth-order valence-electron chi connectivity index (χ4n) is 1.21. The first-order valence-electron chi connectivity index (χ1n) is 5.55. The van der Waals surface area contributed by atoms with Crippen LogP contribution in [0.15, 0.2) is 27.0 Å². The number of halogens is 1. The Morgan fingerprint density at radius 2 is 2.15 bits per heavy atom. The highest BCUT2D eigenvalue weighted by atomic mass is 35.5. The van der Waals surface area contributed by atoms with Gasteiger partial charge in [0.2, 0.25) is 5.91 Å². The highest BCUT2D eigenvalue weighted by Crippen LogP contribution is 2.30. The van der Waals surface area contributed by atoms with Crippen molar-refractivity contribution in [3.63, 3.8) is 0 Å². The van der Waals surface area contributed by atoms with Gasteiger partial charge < -0.3 is 5.32 Å². The molecule has 0 unspecified atom stereocenters. The van der Waals surface area contributed by atoms with Gasteiger partial charge in [0.15, 0.2) is 8.68 Å². The Kier molecular flexibility index (Phi) is 5.64. The van der Waals surface area contributed by atoms with Gasteiger partial charge in [0, 0.05) is 6.20 Å². The maximum Gasteiger partial charge on any atom is 0.238 e. The summed E-state index contributed by atoms with van der Waals surface area (Å²) in [6, 6.07) is 3.34. The molecule has 0 saturated carbocycles. The van der Waals surface area contributed by atoms with Crippen molar-refractivity contribution in [3.8, 4) is 0 Å². The fraction of sp³-hybridized carbons (Fsp3) is 0.273. The summed E-state index contributed by atoms with van der Waals surface area (Å²) < 4.78 is 1.67. The Labute approximate surface area is 133 Å². The van der Waals surface area contributed by atoms with Gasteiger partial charge in [0.05, 0.1) is 10.3 Å². The van der Waals surface area contributed by atoms with Crippen LogP contribution in [0.3, 0.4) is 0 Å². The minimum absolute atomic E-state index is 0.134. The summed E-state index contributed by atoms with van der Waals surface area (Å²) in [6.07, 6.45) is 3.43. The lowest BCUT2D eigenvalue weighted by molar-refractivity contribution is -0.115. The number of carbonyl (C=O) groups is 1. The minimum Gasteiger partial charge on any atom is -0.310 e. The molecule has 5 nitrogen and oxygen atoms in total. The molecule has 0 aliphatic heterocycles. The highest BCUT2D eigenvalue weighted by molar-refractivity contribution is 8.03. The summed E-state index contributed by atoms with van der Waals surface area (Å²) in [5.41, 5.74) is 0. The monoisotopic (exact) mass is 346 g/mol. The van der Waals surface area contributed by atoms with Crippen LogP contribution < -0.4 is 5.32 Å². The van der Waals surface area contributed by atoms with Crippen molar-refractivity contribution < 1.29 is 4.79 Å². The third kappa shape index (κ3) is 4.34. The van der Waals surface area contributed by atoms with Crippen molar-refractivity contribution in [2.24, 2.45) is 0 Å². The van der Waals surface area contributed by atoms with Crippen LogP contribution in [0.5, 0.6) is 0 Å². The molecule has 0 saturated heterocycles. The first-order valence-corrected chi connectivity index (χ1v) is 8.85. The van der Waals surface area contributed by atoms with Gasteiger partial charge in [-0.1, -0.05) is 46.5 Å². The Morgan fingerprint density at radius 1 is 1.40 bits per heavy atom. The van der Waals surface area contributed by atoms with Crippen molar-refractivity contribution in [1.29, 1.82) is 0 Å². The van der Waals surface area contributed by atoms with E-state index in [1.165, 1.54) is 41.1 Å². The van der Waals surface area contributed by atoms with E-state index in [0.29, 0.717) is 10.8 Å². The standard InChI is InChI=1S/C11H11ClN4OS3/c1-6(19-11-16-15-10(18-2)20-11)9(17)14-8-4-3-7(12)5-13-8/h3-6H,1-2H3,(H,13,14,17)/t6-/m0/s1. The lowest BCUT2D eigenvalue weighted by Gasteiger charge is -2.09. The van der Waals surface area contributed by atoms with Gasteiger partial charge in [0.1, 0.15) is 5.82 Å². The average Bonchev–Trinajstić information content (AvgIpc) is 2.89. The predicted octanol–water partition coefficient (Wildman–Crippen LogP) is 3.43. The second-order valence-electron chi connectivity index (χ2n) is 3.65. The molecule has 2 heterocycles. The Balaban J connectivity index is 1.93. The zero-order chi connectivity index (χ0) is 14.5. The van der Waals surface area contributed by atoms with E-state index in [-0.39, 0.29) is 11.2 Å². The smallest absolute Gasteiger partial charge is 0.238 e. The van der Waals surface area contributed by atoms with Crippen LogP contribution in [0.25, 0.3) is 0 Å². The number of rotatable bonds is 5. The molecule has 0 aliphatic carbocycles. The molecule has 9 heteroatoms. The average molecular weight is 347 g/mol. The van der Waals surface area contributed by atoms with Gasteiger partial charge in [0.25, 0.3) is 0 Å². The SMILES string of the molecule is CSc1nnc(S[C@@H](C)C(=O)Nc2ccc(Cl)cn2)s1. The summed E-state index contributed by atoms with van der Waals surface area (Å²) in [4.78, 5) is 16.0. The summed E-state index contributed by atoms with van der Waals surface area (Å²) in [5.74, 6) is 0.347. The Hall–Kier alpha value is -0.830. The topological polar surface area (TPSA) is 67.8 Å². The zero-order valence-corrected chi connectivity index (χ0v) is 13.9. The number of anilines is 1. The number of aromatic nitrogens is 3. The molecular formula is C11H11ClN4OS3. The fourth-order valence-corrected chi connectivity index (χ4v) is 3.90. The van der Waals surface area contributed by atoms with Crippen molar-refractivity contribution >= 4 is 58.2 Å². The minimum atomic E-state index is -0.282. The molecule has 2 rings (SSSR count). The van der Waals surface area contributed by atoms with Crippen LogP contribution in [0.1, 0.15) is 6.92 Å². The maximum atomic E-state index is 12.0. The summed E-state index contributed by atoms with van der Waals surface area (Å²) >= 11 is 10.1. The molecule has 0 aromatic carbocycles. The first kappa shape index (κ1) is 15.6. The third-order valence-electron chi connectivity index (χ3n) is 2.19. The van der Waals surface area contributed by atoms with Gasteiger partial charge in [-0.25, -0.2) is 4.98 Å². The lowest BCUT2D eigenvalue weighted by atomic mass is 10.4. The van der Waals surface area contributed by atoms with E-state index in [1.54, 1.807) is 12.1 Å². The van der Waals surface area contributed by atoms with E-state index < -0.39 is 0 Å². The summed E-state index contributed by atoms with van der Waals surface area (Å²) in [5, 5.41) is 11.0. The Bertz CT molecular complexity index is 590. The maximum absolute atomic E-state index is 12.0. The molecule has 0 fully saturated rings. The van der Waals surface area contributed by atoms with Crippen LogP contribution in [-0.4, -0.2) is 32.6 Å². The second kappa shape index (κ2) is 7.26. The van der Waals surface area contributed by atoms with Gasteiger partial charge in [-0.15, -0.1) is 10.2 Å². The van der Waals surface area contributed by atoms with Crippen LogP contribution in [-0.2, 0) is 4.79 Å². The van der Waals surface area contributed by atoms with E-state index in [2.05, 4.69) is 20.5 Å². The van der Waals surface area contributed by atoms with Crippen molar-refractivity contribution in [2.75, 3.05) is 11.6 Å². The number of amides is 1. The van der Waals surface area contributed by atoms with E-state index >= 15 is 0 Å². The van der Waals surface area contributed by atoms with E-state index in [9.17, 15) is 4.79 Å². The molecule has 1 amide bonds. The van der Waals surface area contributed by atoms with E-state index in [1.807, 2.05) is 13.2 Å². The first-order chi connectivity index (χ1) is 9.58. The quantitative estimate of drug-likeness (QED) is 0.836. The Morgan fingerprint density at radius 3 is 2.75 bits per heavy atom. The number of hydrogen-bond donors (Lipinski definition) is 1. The molecule has 2 aromatic heterocycles. The zero-order valence-electron chi connectivity index (χ0n) is 10.7. The molecule has 1 N–H and O–H groups in total. The molecule has 0 radical (unpaired) electrons. The molecule has 0 spiro atoms. The molecule has 1 atom stereocenters. The number of pyridine rings is 1. The normalized spacial score (nSPS) is 12.2. The number of thioether (sulfide) groups is 2. The van der Waals surface area contributed by atoms with Crippen LogP contribution in [0.2, 0.25) is 5.02 Å². The molecular weight excluding hydrogens is 336 g/mol. The van der Waals surface area contributed by atoms with Gasteiger partial charge in [-0.05, 0) is 25.3 Å².